The Morgan fingerprint density at radius 2 is 1.86 bits per heavy atom. The van der Waals surface area contributed by atoms with Gasteiger partial charge in [-0.2, -0.15) is 0 Å². The van der Waals surface area contributed by atoms with Gasteiger partial charge < -0.3 is 19.5 Å². The van der Waals surface area contributed by atoms with Gasteiger partial charge in [0.1, 0.15) is 30.8 Å². The van der Waals surface area contributed by atoms with Crippen molar-refractivity contribution in [2.45, 2.75) is 6.10 Å². The number of methoxy groups -OCH3 is 1. The van der Waals surface area contributed by atoms with Gasteiger partial charge in [-0.15, -0.1) is 0 Å². The van der Waals surface area contributed by atoms with Crippen LogP contribution in [0.2, 0.25) is 0 Å². The molecule has 3 amide bonds. The molecule has 0 saturated carbocycles. The Morgan fingerprint density at radius 1 is 1.24 bits per heavy atom. The molecule has 1 N–H and O–H groups in total. The number of aliphatic hydroxyl groups excluding tert-OH is 1. The molecule has 1 aromatic carbocycles. The van der Waals surface area contributed by atoms with E-state index >= 15 is 0 Å². The first-order valence-electron chi connectivity index (χ1n) is 6.51. The van der Waals surface area contributed by atoms with Crippen LogP contribution in [-0.2, 0) is 4.79 Å². The van der Waals surface area contributed by atoms with Crippen molar-refractivity contribution in [3.63, 3.8) is 0 Å². The lowest BCUT2D eigenvalue weighted by molar-refractivity contribution is -0.126. The highest BCUT2D eigenvalue weighted by molar-refractivity contribution is 6.01. The third-order valence-corrected chi connectivity index (χ3v) is 3.13. The zero-order valence-electron chi connectivity index (χ0n) is 12.0. The Morgan fingerprint density at radius 3 is 2.38 bits per heavy atom. The lowest BCUT2D eigenvalue weighted by Gasteiger charge is -2.18. The molecule has 114 valence electrons. The molecule has 7 heteroatoms. The number of amides is 3. The third kappa shape index (κ3) is 3.63. The lowest BCUT2D eigenvalue weighted by atomic mass is 10.3. The van der Waals surface area contributed by atoms with Crippen molar-refractivity contribution < 1.29 is 24.2 Å². The first-order chi connectivity index (χ1) is 10.0. The first-order valence-corrected chi connectivity index (χ1v) is 6.51. The Balaban J connectivity index is 1.83. The molecule has 21 heavy (non-hydrogen) atoms. The van der Waals surface area contributed by atoms with Gasteiger partial charge in [0.15, 0.2) is 0 Å². The number of carbonyl (C=O) groups excluding carboxylic acids is 2. The van der Waals surface area contributed by atoms with Gasteiger partial charge in [-0.05, 0) is 24.3 Å². The molecule has 0 spiro atoms. The Bertz CT molecular complexity index is 517. The van der Waals surface area contributed by atoms with Gasteiger partial charge in [0.25, 0.3) is 0 Å². The van der Waals surface area contributed by atoms with E-state index in [0.29, 0.717) is 11.5 Å². The summed E-state index contributed by atoms with van der Waals surface area (Å²) in [5.74, 6) is 0.969. The maximum absolute atomic E-state index is 11.7. The summed E-state index contributed by atoms with van der Waals surface area (Å²) < 4.78 is 10.4. The molecule has 0 aromatic heterocycles. The van der Waals surface area contributed by atoms with Crippen molar-refractivity contribution in [1.29, 1.82) is 0 Å². The molecule has 0 aliphatic carbocycles. The van der Waals surface area contributed by atoms with Gasteiger partial charge in [0.2, 0.25) is 5.91 Å². The summed E-state index contributed by atoms with van der Waals surface area (Å²) in [7, 11) is 3.11. The highest BCUT2D eigenvalue weighted by Crippen LogP contribution is 2.17. The van der Waals surface area contributed by atoms with Crippen LogP contribution in [0.1, 0.15) is 0 Å². The Hall–Kier alpha value is -2.28. The normalized spacial score (nSPS) is 16.3. The number of imide groups is 1. The van der Waals surface area contributed by atoms with E-state index in [2.05, 4.69) is 0 Å². The number of β-amino-alcohol motifs (C(OH)–C–C–N with tert-alkyl or cyclic N) is 1. The smallest absolute Gasteiger partial charge is 0.327 e. The SMILES string of the molecule is COc1ccc(OC[C@@H](O)CN2C(=O)CN(C)C2=O)cc1. The zero-order chi connectivity index (χ0) is 15.4. The monoisotopic (exact) mass is 294 g/mol. The minimum Gasteiger partial charge on any atom is -0.497 e. The number of aliphatic hydroxyl groups is 1. The fourth-order valence-corrected chi connectivity index (χ4v) is 1.98. The highest BCUT2D eigenvalue weighted by Gasteiger charge is 2.34. The van der Waals surface area contributed by atoms with Crippen molar-refractivity contribution in [2.24, 2.45) is 0 Å². The molecule has 1 aromatic rings. The Labute approximate surface area is 122 Å². The van der Waals surface area contributed by atoms with Crippen molar-refractivity contribution in [3.8, 4) is 11.5 Å². The number of nitrogens with zero attached hydrogens (tertiary/aromatic N) is 2. The maximum atomic E-state index is 11.7. The average Bonchev–Trinajstić information content (AvgIpc) is 2.72. The van der Waals surface area contributed by atoms with Crippen LogP contribution in [0.25, 0.3) is 0 Å². The van der Waals surface area contributed by atoms with Crippen molar-refractivity contribution >= 4 is 11.9 Å². The van der Waals surface area contributed by atoms with E-state index < -0.39 is 12.1 Å². The Kier molecular flexibility index (Phi) is 4.64. The molecule has 7 nitrogen and oxygen atoms in total. The van der Waals surface area contributed by atoms with Gasteiger partial charge in [-0.25, -0.2) is 4.79 Å². The molecule has 0 radical (unpaired) electrons. The predicted molar refractivity (Wildman–Crippen MR) is 74.2 cm³/mol. The summed E-state index contributed by atoms with van der Waals surface area (Å²) in [6, 6.07) is 6.51. The number of carbonyl (C=O) groups is 2. The van der Waals surface area contributed by atoms with Crippen LogP contribution < -0.4 is 9.47 Å². The van der Waals surface area contributed by atoms with Gasteiger partial charge in [0.05, 0.1) is 13.7 Å². The molecular formula is C14H18N2O5. The lowest BCUT2D eigenvalue weighted by Crippen LogP contribution is -2.40. The number of benzene rings is 1. The fraction of sp³-hybridized carbons (Fsp3) is 0.429. The number of hydrogen-bond donors (Lipinski definition) is 1. The molecule has 1 atom stereocenters. The third-order valence-electron chi connectivity index (χ3n) is 3.13. The van der Waals surface area contributed by atoms with Crippen LogP contribution in [-0.4, -0.2) is 66.8 Å². The van der Waals surface area contributed by atoms with E-state index in [4.69, 9.17) is 9.47 Å². The molecule has 2 rings (SSSR count). The van der Waals surface area contributed by atoms with Crippen LogP contribution in [0.3, 0.4) is 0 Å². The molecule has 0 bridgehead atoms. The van der Waals surface area contributed by atoms with Crippen molar-refractivity contribution in [1.82, 2.24) is 9.80 Å². The van der Waals surface area contributed by atoms with Crippen LogP contribution in [0.15, 0.2) is 24.3 Å². The molecule has 1 saturated heterocycles. The van der Waals surface area contributed by atoms with Crippen LogP contribution in [0, 0.1) is 0 Å². The van der Waals surface area contributed by atoms with Crippen molar-refractivity contribution in [3.05, 3.63) is 24.3 Å². The zero-order valence-corrected chi connectivity index (χ0v) is 12.0. The largest absolute Gasteiger partial charge is 0.497 e. The topological polar surface area (TPSA) is 79.3 Å². The van der Waals surface area contributed by atoms with Crippen molar-refractivity contribution in [2.75, 3.05) is 33.9 Å². The van der Waals surface area contributed by atoms with E-state index in [0.717, 1.165) is 4.90 Å². The summed E-state index contributed by atoms with van der Waals surface area (Å²) in [5.41, 5.74) is 0. The molecule has 1 aliphatic heterocycles. The first kappa shape index (κ1) is 15.1. The minimum atomic E-state index is -0.938. The van der Waals surface area contributed by atoms with Gasteiger partial charge in [0, 0.05) is 7.05 Å². The number of likely N-dealkylation sites (N-methyl/N-ethyl adjacent to an activating group) is 1. The molecule has 1 heterocycles. The van der Waals surface area contributed by atoms with Crippen LogP contribution in [0.4, 0.5) is 4.79 Å². The molecule has 1 fully saturated rings. The van der Waals surface area contributed by atoms with E-state index in [9.17, 15) is 14.7 Å². The second-order valence-corrected chi connectivity index (χ2v) is 4.78. The average molecular weight is 294 g/mol. The minimum absolute atomic E-state index is 0.00684. The number of urea groups is 1. The summed E-state index contributed by atoms with van der Waals surface area (Å²) in [6.07, 6.45) is -0.938. The van der Waals surface area contributed by atoms with E-state index in [1.807, 2.05) is 0 Å². The fourth-order valence-electron chi connectivity index (χ4n) is 1.98. The van der Waals surface area contributed by atoms with E-state index in [1.165, 1.54) is 4.90 Å². The predicted octanol–water partition coefficient (Wildman–Crippen LogP) is 0.329. The second-order valence-electron chi connectivity index (χ2n) is 4.78. The molecule has 1 aliphatic rings. The number of rotatable bonds is 6. The molecule has 0 unspecified atom stereocenters. The standard InChI is InChI=1S/C14H18N2O5/c1-15-8-13(18)16(14(15)19)7-10(17)9-21-12-5-3-11(20-2)4-6-12/h3-6,10,17H,7-9H2,1-2H3/t10-/m0/s1. The quantitative estimate of drug-likeness (QED) is 0.765. The van der Waals surface area contributed by atoms with Gasteiger partial charge in [-0.3, -0.25) is 9.69 Å². The molecular weight excluding hydrogens is 276 g/mol. The summed E-state index contributed by atoms with van der Waals surface area (Å²) in [6.45, 7) is -0.0316. The van der Waals surface area contributed by atoms with E-state index in [1.54, 1.807) is 38.4 Å². The maximum Gasteiger partial charge on any atom is 0.327 e. The number of hydrogen-bond acceptors (Lipinski definition) is 5. The second kappa shape index (κ2) is 6.45. The van der Waals surface area contributed by atoms with Gasteiger partial charge >= 0.3 is 6.03 Å². The summed E-state index contributed by atoms with van der Waals surface area (Å²) >= 11 is 0. The van der Waals surface area contributed by atoms with E-state index in [-0.39, 0.29) is 25.6 Å². The van der Waals surface area contributed by atoms with Crippen LogP contribution in [0.5, 0.6) is 11.5 Å². The summed E-state index contributed by atoms with van der Waals surface area (Å²) in [4.78, 5) is 25.6. The highest BCUT2D eigenvalue weighted by atomic mass is 16.5. The number of ether oxygens (including phenoxy) is 2. The van der Waals surface area contributed by atoms with Crippen LogP contribution >= 0.6 is 0 Å². The van der Waals surface area contributed by atoms with Gasteiger partial charge in [-0.1, -0.05) is 0 Å². The summed E-state index contributed by atoms with van der Waals surface area (Å²) in [5, 5.41) is 9.88.